The number of nitrogens with zero attached hydrogens (tertiary/aromatic N) is 3. The maximum atomic E-state index is 15.2. The van der Waals surface area contributed by atoms with E-state index < -0.39 is 17.5 Å². The van der Waals surface area contributed by atoms with Crippen LogP contribution in [0.1, 0.15) is 47.4 Å². The molecule has 2 saturated carbocycles. The summed E-state index contributed by atoms with van der Waals surface area (Å²) in [5.41, 5.74) is -0.0508. The first-order chi connectivity index (χ1) is 18.7. The minimum Gasteiger partial charge on any atom is -0.478 e. The van der Waals surface area contributed by atoms with Crippen LogP contribution in [0.25, 0.3) is 21.5 Å². The molecule has 1 N–H and O–H groups in total. The molecule has 2 bridgehead atoms. The fourth-order valence-corrected chi connectivity index (χ4v) is 7.49. The zero-order valence-corrected chi connectivity index (χ0v) is 22.6. The zero-order chi connectivity index (χ0) is 27.1. The highest BCUT2D eigenvalue weighted by Gasteiger charge is 2.52. The Labute approximate surface area is 235 Å². The number of thiazole rings is 1. The van der Waals surface area contributed by atoms with Gasteiger partial charge < -0.3 is 19.3 Å². The Morgan fingerprint density at radius 2 is 2.03 bits per heavy atom. The topological polar surface area (TPSA) is 88.7 Å². The number of carboxylic acids is 1. The number of carboxylic acid groups (broad SMARTS) is 1. The number of fused-ring (bicyclic) bond motifs is 3. The molecule has 0 radical (unpaired) electrons. The molecule has 1 saturated heterocycles. The number of hydrogen-bond donors (Lipinski definition) is 1. The van der Waals surface area contributed by atoms with E-state index in [9.17, 15) is 14.3 Å². The standard InChI is InChI=1S/C27H21Cl2F2N3O4S/c28-16-2-1-3-17(29)21(16)22-15(24(38-33-22)27(31)4-5-27)11-37-19-9-14-6-13(19)10-34(14)26-32-23-18(30)7-12(25(35)36)8-20(23)39-26/h1-3,7-8,13-14,19H,4-6,9-11H2,(H,35,36)/t13-,14-,19+/m0/s1. The highest BCUT2D eigenvalue weighted by molar-refractivity contribution is 7.22. The molecule has 202 valence electrons. The summed E-state index contributed by atoms with van der Waals surface area (Å²) in [7, 11) is 0. The smallest absolute Gasteiger partial charge is 0.335 e. The summed E-state index contributed by atoms with van der Waals surface area (Å²) in [6, 6.07) is 7.74. The van der Waals surface area contributed by atoms with Gasteiger partial charge in [-0.1, -0.05) is 45.8 Å². The molecule has 2 aromatic carbocycles. The van der Waals surface area contributed by atoms with Gasteiger partial charge in [-0.05, 0) is 49.9 Å². The average molecular weight is 592 g/mol. The molecule has 7 nitrogen and oxygen atoms in total. The van der Waals surface area contributed by atoms with Gasteiger partial charge in [-0.2, -0.15) is 0 Å². The van der Waals surface area contributed by atoms with Crippen LogP contribution in [-0.2, 0) is 17.0 Å². The fraction of sp³-hybridized carbons (Fsp3) is 0.370. The van der Waals surface area contributed by atoms with E-state index in [0.29, 0.717) is 56.1 Å². The number of halogens is 4. The summed E-state index contributed by atoms with van der Waals surface area (Å²) >= 11 is 14.1. The number of ether oxygens (including phenoxy) is 1. The van der Waals surface area contributed by atoms with Crippen LogP contribution in [0.5, 0.6) is 0 Å². The highest BCUT2D eigenvalue weighted by Crippen LogP contribution is 2.53. The van der Waals surface area contributed by atoms with E-state index in [2.05, 4.69) is 15.0 Å². The number of aromatic carboxylic acids is 1. The van der Waals surface area contributed by atoms with Crippen molar-refractivity contribution in [2.75, 3.05) is 11.4 Å². The van der Waals surface area contributed by atoms with E-state index in [0.717, 1.165) is 18.9 Å². The first-order valence-corrected chi connectivity index (χ1v) is 14.1. The van der Waals surface area contributed by atoms with Gasteiger partial charge in [0.2, 0.25) is 0 Å². The summed E-state index contributed by atoms with van der Waals surface area (Å²) in [6.07, 6.45) is 2.28. The van der Waals surface area contributed by atoms with Gasteiger partial charge in [-0.15, -0.1) is 0 Å². The molecule has 1 aliphatic heterocycles. The lowest BCUT2D eigenvalue weighted by Gasteiger charge is -2.31. The number of piperidine rings is 1. The van der Waals surface area contributed by atoms with Crippen LogP contribution in [-0.4, -0.2) is 39.9 Å². The Morgan fingerprint density at radius 1 is 1.26 bits per heavy atom. The third-order valence-corrected chi connectivity index (χ3v) is 9.60. The number of rotatable bonds is 7. The molecule has 7 rings (SSSR count). The first-order valence-electron chi connectivity index (χ1n) is 12.6. The van der Waals surface area contributed by atoms with Crippen LogP contribution in [0.2, 0.25) is 10.0 Å². The van der Waals surface area contributed by atoms with Crippen LogP contribution in [0.15, 0.2) is 34.9 Å². The molecule has 4 aromatic rings. The van der Waals surface area contributed by atoms with Crippen molar-refractivity contribution in [3.05, 3.63) is 63.1 Å². The quantitative estimate of drug-likeness (QED) is 0.242. The van der Waals surface area contributed by atoms with Gasteiger partial charge in [-0.3, -0.25) is 0 Å². The van der Waals surface area contributed by atoms with E-state index in [1.807, 2.05) is 0 Å². The van der Waals surface area contributed by atoms with Crippen molar-refractivity contribution in [2.24, 2.45) is 5.92 Å². The minimum atomic E-state index is -1.55. The monoisotopic (exact) mass is 591 g/mol. The van der Waals surface area contributed by atoms with Crippen molar-refractivity contribution in [2.45, 2.75) is 50.1 Å². The largest absolute Gasteiger partial charge is 0.478 e. The Kier molecular flexibility index (Phi) is 5.89. The minimum absolute atomic E-state index is 0.0666. The molecule has 3 aliphatic rings. The van der Waals surface area contributed by atoms with Gasteiger partial charge in [0.1, 0.15) is 11.2 Å². The molecule has 39 heavy (non-hydrogen) atoms. The molecular formula is C27H21Cl2F2N3O4S. The Hall–Kier alpha value is -2.79. The number of benzene rings is 2. The van der Waals surface area contributed by atoms with Crippen LogP contribution in [0, 0.1) is 11.7 Å². The number of carbonyl (C=O) groups is 1. The summed E-state index contributed by atoms with van der Waals surface area (Å²) in [4.78, 5) is 17.9. The second-order valence-corrected chi connectivity index (χ2v) is 12.2. The average Bonchev–Trinajstić information content (AvgIpc) is 3.34. The number of alkyl halides is 1. The Morgan fingerprint density at radius 3 is 2.69 bits per heavy atom. The number of hydrogen-bond acceptors (Lipinski definition) is 7. The van der Waals surface area contributed by atoms with Crippen molar-refractivity contribution < 1.29 is 27.9 Å². The van der Waals surface area contributed by atoms with Crippen LogP contribution in [0.4, 0.5) is 13.9 Å². The molecule has 2 aliphatic carbocycles. The molecule has 0 amide bonds. The van der Waals surface area contributed by atoms with Crippen molar-refractivity contribution in [3.63, 3.8) is 0 Å². The summed E-state index contributed by atoms with van der Waals surface area (Å²) in [5.74, 6) is -1.44. The molecular weight excluding hydrogens is 571 g/mol. The molecule has 3 heterocycles. The maximum Gasteiger partial charge on any atom is 0.335 e. The van der Waals surface area contributed by atoms with Gasteiger partial charge in [0.05, 0.1) is 38.6 Å². The second-order valence-electron chi connectivity index (χ2n) is 10.4. The molecule has 3 atom stereocenters. The molecule has 12 heteroatoms. The van der Waals surface area contributed by atoms with Crippen LogP contribution >= 0.6 is 34.5 Å². The lowest BCUT2D eigenvalue weighted by atomic mass is 10.0. The van der Waals surface area contributed by atoms with Gasteiger partial charge in [-0.25, -0.2) is 18.6 Å². The van der Waals surface area contributed by atoms with Crippen molar-refractivity contribution >= 4 is 55.9 Å². The molecule has 0 unspecified atom stereocenters. The lowest BCUT2D eigenvalue weighted by Crippen LogP contribution is -2.38. The highest BCUT2D eigenvalue weighted by atomic mass is 35.5. The van der Waals surface area contributed by atoms with E-state index >= 15 is 4.39 Å². The molecule has 3 fully saturated rings. The summed E-state index contributed by atoms with van der Waals surface area (Å²) < 4.78 is 42.0. The Balaban J connectivity index is 1.10. The third-order valence-electron chi connectivity index (χ3n) is 7.93. The normalized spacial score (nSPS) is 23.2. The summed E-state index contributed by atoms with van der Waals surface area (Å²) in [6.45, 7) is 0.787. The SMILES string of the molecule is O=C(O)c1cc(F)c2nc(N3C[C@@H]4C[C@H]3C[C@H]4OCc3c(-c4c(Cl)cccc4Cl)noc3C3(F)CC3)sc2c1. The maximum absolute atomic E-state index is 15.2. The number of anilines is 1. The van der Waals surface area contributed by atoms with Gasteiger partial charge in [0, 0.05) is 24.1 Å². The second kappa shape index (κ2) is 9.12. The van der Waals surface area contributed by atoms with E-state index in [1.54, 1.807) is 18.2 Å². The predicted octanol–water partition coefficient (Wildman–Crippen LogP) is 7.24. The first kappa shape index (κ1) is 25.2. The Bertz CT molecular complexity index is 1620. The van der Waals surface area contributed by atoms with E-state index in [-0.39, 0.29) is 41.5 Å². The van der Waals surface area contributed by atoms with Gasteiger partial charge >= 0.3 is 5.97 Å². The third kappa shape index (κ3) is 4.20. The van der Waals surface area contributed by atoms with Gasteiger partial charge in [0.25, 0.3) is 0 Å². The van der Waals surface area contributed by atoms with Crippen molar-refractivity contribution in [1.29, 1.82) is 0 Å². The zero-order valence-electron chi connectivity index (χ0n) is 20.3. The van der Waals surface area contributed by atoms with Crippen LogP contribution < -0.4 is 4.90 Å². The van der Waals surface area contributed by atoms with E-state index in [4.69, 9.17) is 32.5 Å². The van der Waals surface area contributed by atoms with Crippen molar-refractivity contribution in [3.8, 4) is 11.3 Å². The lowest BCUT2D eigenvalue weighted by molar-refractivity contribution is 0.0114. The predicted molar refractivity (Wildman–Crippen MR) is 143 cm³/mol. The number of aromatic nitrogens is 2. The van der Waals surface area contributed by atoms with E-state index in [1.165, 1.54) is 17.4 Å². The molecule has 2 aromatic heterocycles. The van der Waals surface area contributed by atoms with Gasteiger partial charge in [0.15, 0.2) is 22.4 Å². The van der Waals surface area contributed by atoms with Crippen LogP contribution in [0.3, 0.4) is 0 Å². The molecule has 0 spiro atoms. The fourth-order valence-electron chi connectivity index (χ4n) is 5.81. The summed E-state index contributed by atoms with van der Waals surface area (Å²) in [5, 5.41) is 14.9. The van der Waals surface area contributed by atoms with Crippen molar-refractivity contribution in [1.82, 2.24) is 10.1 Å².